The van der Waals surface area contributed by atoms with Gasteiger partial charge in [0.25, 0.3) is 0 Å². The van der Waals surface area contributed by atoms with Crippen LogP contribution >= 0.6 is 15.9 Å². The Morgan fingerprint density at radius 1 is 1.50 bits per heavy atom. The fourth-order valence-electron chi connectivity index (χ4n) is 0.768. The molecule has 8 heteroatoms. The molecule has 0 aliphatic carbocycles. The van der Waals surface area contributed by atoms with E-state index in [-0.39, 0.29) is 18.6 Å². The molecule has 0 aromatic carbocycles. The molecule has 0 spiro atoms. The van der Waals surface area contributed by atoms with Crippen molar-refractivity contribution >= 4 is 22.6 Å². The van der Waals surface area contributed by atoms with E-state index in [0.29, 0.717) is 11.3 Å². The van der Waals surface area contributed by atoms with E-state index in [9.17, 15) is 4.79 Å². The molecule has 0 bridgehead atoms. The van der Waals surface area contributed by atoms with Gasteiger partial charge in [0, 0.05) is 33.9 Å². The second-order valence-corrected chi connectivity index (χ2v) is 3.75. The summed E-state index contributed by atoms with van der Waals surface area (Å²) in [6, 6.07) is 0. The van der Waals surface area contributed by atoms with Gasteiger partial charge in [-0.15, -0.1) is 5.10 Å². The van der Waals surface area contributed by atoms with Crippen molar-refractivity contribution in [3.05, 3.63) is 15.2 Å². The lowest BCUT2D eigenvalue weighted by atomic mass is 10.7. The van der Waals surface area contributed by atoms with Gasteiger partial charge in [-0.2, -0.15) is 5.10 Å². The Morgan fingerprint density at radius 2 is 2.00 bits per heavy atom. The third-order valence-electron chi connectivity index (χ3n) is 1.99. The summed E-state index contributed by atoms with van der Waals surface area (Å²) in [6.07, 6.45) is 0. The average molecular weight is 326 g/mol. The number of halogens is 1. The van der Waals surface area contributed by atoms with Gasteiger partial charge in [-0.1, -0.05) is 7.43 Å². The minimum atomic E-state index is -0.0885. The van der Waals surface area contributed by atoms with E-state index in [1.807, 2.05) is 20.9 Å². The minimum absolute atomic E-state index is 0. The van der Waals surface area contributed by atoms with Crippen LogP contribution in [0.3, 0.4) is 0 Å². The van der Waals surface area contributed by atoms with Crippen LogP contribution in [-0.2, 0) is 13.6 Å². The first-order valence-electron chi connectivity index (χ1n) is 4.94. The number of aromatic nitrogens is 3. The molecule has 0 saturated heterocycles. The van der Waals surface area contributed by atoms with E-state index < -0.39 is 0 Å². The molecule has 108 valence electrons. The van der Waals surface area contributed by atoms with Crippen molar-refractivity contribution in [2.75, 3.05) is 13.6 Å². The number of hydrogen-bond donors (Lipinski definition) is 0. The summed E-state index contributed by atoms with van der Waals surface area (Å²) < 4.78 is 3.41. The maximum absolute atomic E-state index is 11.1. The van der Waals surface area contributed by atoms with Crippen molar-refractivity contribution in [1.82, 2.24) is 19.4 Å². The largest absolute Gasteiger partial charge is 0.412 e. The van der Waals surface area contributed by atoms with Crippen molar-refractivity contribution in [3.8, 4) is 0 Å². The maximum Gasteiger partial charge on any atom is 0.346 e. The smallest absolute Gasteiger partial charge is 0.346 e. The first-order chi connectivity index (χ1) is 7.47. The molecule has 1 rings (SSSR count). The molecule has 0 fully saturated rings. The quantitative estimate of drug-likeness (QED) is 0.606. The summed E-state index contributed by atoms with van der Waals surface area (Å²) in [5.74, 6) is 0. The number of hydrazone groups is 1. The molecular formula is C10H24BrN5O2. The molecule has 1 aromatic heterocycles. The van der Waals surface area contributed by atoms with E-state index in [1.54, 1.807) is 12.1 Å². The van der Waals surface area contributed by atoms with Gasteiger partial charge in [0.1, 0.15) is 0 Å². The topological polar surface area (TPSA) is 86.9 Å². The van der Waals surface area contributed by atoms with Crippen LogP contribution in [0.15, 0.2) is 14.6 Å². The fraction of sp³-hybridized carbons (Fsp3) is 0.700. The molecule has 1 aromatic rings. The second-order valence-electron chi connectivity index (χ2n) is 3.04. The lowest BCUT2D eigenvalue weighted by Gasteiger charge is -2.04. The molecule has 0 unspecified atom stereocenters. The minimum Gasteiger partial charge on any atom is -0.412 e. The lowest BCUT2D eigenvalue weighted by molar-refractivity contribution is 0.379. The molecule has 0 atom stereocenters. The van der Waals surface area contributed by atoms with Crippen molar-refractivity contribution in [2.45, 2.75) is 27.8 Å². The zero-order valence-corrected chi connectivity index (χ0v) is 12.2. The van der Waals surface area contributed by atoms with E-state index in [1.165, 1.54) is 9.25 Å². The highest BCUT2D eigenvalue weighted by Crippen LogP contribution is 1.98. The third kappa shape index (κ3) is 6.55. The van der Waals surface area contributed by atoms with E-state index in [4.69, 9.17) is 0 Å². The fourth-order valence-corrected chi connectivity index (χ4v) is 1.11. The van der Waals surface area contributed by atoms with Crippen LogP contribution in [0.2, 0.25) is 0 Å². The van der Waals surface area contributed by atoms with Gasteiger partial charge >= 0.3 is 5.69 Å². The lowest BCUT2D eigenvalue weighted by Crippen LogP contribution is -2.22. The van der Waals surface area contributed by atoms with Crippen molar-refractivity contribution < 1.29 is 5.48 Å². The summed E-state index contributed by atoms with van der Waals surface area (Å²) in [6.45, 7) is 8.75. The van der Waals surface area contributed by atoms with Gasteiger partial charge in [0.2, 0.25) is 4.73 Å². The molecule has 0 radical (unpaired) electrons. The summed E-state index contributed by atoms with van der Waals surface area (Å²) in [5, 5.41) is 9.27. The molecule has 0 amide bonds. The standard InChI is InChI=1S/C5H8BrN3O.C4H10N2.CH4.H2O/c1-3-9-5(10)8(2)4(6)7-9;1-4-6(3)5-2;;/h3H2,1-2H3;2,4H2,1,3H3;1H4;1H2. The Morgan fingerprint density at radius 3 is 2.11 bits per heavy atom. The van der Waals surface area contributed by atoms with Crippen LogP contribution in [0.5, 0.6) is 0 Å². The monoisotopic (exact) mass is 325 g/mol. The highest BCUT2D eigenvalue weighted by Gasteiger charge is 2.03. The molecule has 0 aliphatic rings. The second kappa shape index (κ2) is 11.0. The number of rotatable bonds is 3. The third-order valence-corrected chi connectivity index (χ3v) is 2.68. The number of hydrogen-bond acceptors (Lipinski definition) is 4. The van der Waals surface area contributed by atoms with Gasteiger partial charge < -0.3 is 10.5 Å². The Hall–Kier alpha value is -1.15. The van der Waals surface area contributed by atoms with E-state index >= 15 is 0 Å². The Labute approximate surface area is 117 Å². The molecule has 7 nitrogen and oxygen atoms in total. The van der Waals surface area contributed by atoms with Crippen molar-refractivity contribution in [3.63, 3.8) is 0 Å². The molecule has 0 aliphatic heterocycles. The highest BCUT2D eigenvalue weighted by molar-refractivity contribution is 9.10. The SMILES string of the molecule is C.C=NN(C)CC.CCn1nc(Br)n(C)c1=O.O. The van der Waals surface area contributed by atoms with Crippen LogP contribution in [0.1, 0.15) is 21.3 Å². The summed E-state index contributed by atoms with van der Waals surface area (Å²) in [7, 11) is 3.55. The van der Waals surface area contributed by atoms with Crippen molar-refractivity contribution in [2.24, 2.45) is 12.1 Å². The van der Waals surface area contributed by atoms with Gasteiger partial charge in [-0.05, 0) is 29.8 Å². The van der Waals surface area contributed by atoms with Gasteiger partial charge in [-0.3, -0.25) is 4.57 Å². The van der Waals surface area contributed by atoms with Crippen LogP contribution in [-0.4, -0.2) is 45.1 Å². The Kier molecular flexibility index (Phi) is 13.4. The number of nitrogens with zero attached hydrogens (tertiary/aromatic N) is 5. The van der Waals surface area contributed by atoms with Gasteiger partial charge in [0.15, 0.2) is 0 Å². The van der Waals surface area contributed by atoms with Gasteiger partial charge in [0.05, 0.1) is 0 Å². The van der Waals surface area contributed by atoms with Crippen LogP contribution in [0.25, 0.3) is 0 Å². The van der Waals surface area contributed by atoms with E-state index in [2.05, 4.69) is 32.8 Å². The molecule has 2 N–H and O–H groups in total. The molecule has 0 saturated carbocycles. The first-order valence-corrected chi connectivity index (χ1v) is 5.74. The first kappa shape index (κ1) is 22.1. The predicted molar refractivity (Wildman–Crippen MR) is 79.0 cm³/mol. The maximum atomic E-state index is 11.1. The van der Waals surface area contributed by atoms with Crippen LogP contribution in [0.4, 0.5) is 0 Å². The predicted octanol–water partition coefficient (Wildman–Crippen LogP) is 0.729. The summed E-state index contributed by atoms with van der Waals surface area (Å²) in [5.41, 5.74) is -0.0885. The Balaban J connectivity index is -0.000000250. The zero-order chi connectivity index (χ0) is 12.7. The zero-order valence-electron chi connectivity index (χ0n) is 10.6. The van der Waals surface area contributed by atoms with Crippen LogP contribution < -0.4 is 5.69 Å². The highest BCUT2D eigenvalue weighted by atomic mass is 79.9. The normalized spacial score (nSPS) is 8.28. The van der Waals surface area contributed by atoms with Crippen LogP contribution in [0, 0.1) is 0 Å². The molecule has 18 heavy (non-hydrogen) atoms. The Bertz CT molecular complexity index is 388. The van der Waals surface area contributed by atoms with Gasteiger partial charge in [-0.25, -0.2) is 9.48 Å². The molecule has 1 heterocycles. The average Bonchev–Trinajstić information content (AvgIpc) is 2.56. The number of aryl methyl sites for hydroxylation is 1. The van der Waals surface area contributed by atoms with Crippen molar-refractivity contribution in [1.29, 1.82) is 0 Å². The molecular weight excluding hydrogens is 302 g/mol. The summed E-state index contributed by atoms with van der Waals surface area (Å²) in [4.78, 5) is 11.1. The summed E-state index contributed by atoms with van der Waals surface area (Å²) >= 11 is 3.14. The van der Waals surface area contributed by atoms with E-state index in [0.717, 1.165) is 6.54 Å².